The van der Waals surface area contributed by atoms with Crippen LogP contribution in [0.1, 0.15) is 32.1 Å². The SMILES string of the molecule is O=C(C1CCCCN1S(=O)(=O)c1ccc(Cl)s1)N(CC1CCCO1)c1nc2ccccc2s1. The number of piperidine rings is 1. The quantitative estimate of drug-likeness (QED) is 0.463. The van der Waals surface area contributed by atoms with Gasteiger partial charge in [0.2, 0.25) is 5.91 Å². The van der Waals surface area contributed by atoms with Crippen LogP contribution in [0.5, 0.6) is 0 Å². The number of benzene rings is 1. The van der Waals surface area contributed by atoms with Crippen LogP contribution in [0, 0.1) is 0 Å². The van der Waals surface area contributed by atoms with E-state index in [0.717, 1.165) is 47.2 Å². The standard InChI is InChI=1S/C22H24ClN3O4S3/c23-19-10-11-20(32-19)33(28,29)26-12-4-3-8-17(26)21(27)25(14-15-6-5-13-30-15)22-24-16-7-1-2-9-18(16)31-22/h1-2,7,9-11,15,17H,3-6,8,12-14H2. The summed E-state index contributed by atoms with van der Waals surface area (Å²) in [6.45, 7) is 1.35. The molecule has 2 unspecified atom stereocenters. The zero-order valence-corrected chi connectivity index (χ0v) is 21.1. The van der Waals surface area contributed by atoms with Gasteiger partial charge in [-0.05, 0) is 49.9 Å². The molecule has 2 aliphatic rings. The monoisotopic (exact) mass is 525 g/mol. The van der Waals surface area contributed by atoms with Crippen LogP contribution in [0.4, 0.5) is 5.13 Å². The van der Waals surface area contributed by atoms with E-state index in [1.54, 1.807) is 11.0 Å². The minimum atomic E-state index is -3.83. The summed E-state index contributed by atoms with van der Waals surface area (Å²) in [5.74, 6) is -0.240. The summed E-state index contributed by atoms with van der Waals surface area (Å²) in [7, 11) is -3.83. The van der Waals surface area contributed by atoms with Crippen LogP contribution < -0.4 is 4.90 Å². The number of aromatic nitrogens is 1. The second-order valence-electron chi connectivity index (χ2n) is 8.23. The number of carbonyl (C=O) groups is 1. The Morgan fingerprint density at radius 2 is 2.00 bits per heavy atom. The predicted octanol–water partition coefficient (Wildman–Crippen LogP) is 4.77. The average molecular weight is 526 g/mol. The van der Waals surface area contributed by atoms with Crippen molar-refractivity contribution in [2.45, 2.75) is 48.5 Å². The van der Waals surface area contributed by atoms with E-state index < -0.39 is 16.1 Å². The molecule has 11 heteroatoms. The Kier molecular flexibility index (Phi) is 6.74. The van der Waals surface area contributed by atoms with Crippen LogP contribution in [0.2, 0.25) is 4.34 Å². The zero-order chi connectivity index (χ0) is 23.0. The van der Waals surface area contributed by atoms with Gasteiger partial charge in [-0.25, -0.2) is 13.4 Å². The van der Waals surface area contributed by atoms with Crippen molar-refractivity contribution in [3.8, 4) is 0 Å². The van der Waals surface area contributed by atoms with E-state index >= 15 is 0 Å². The van der Waals surface area contributed by atoms with Crippen LogP contribution in [0.25, 0.3) is 10.2 Å². The Bertz CT molecular complexity index is 1220. The third-order valence-corrected chi connectivity index (χ3v) is 10.7. The fraction of sp³-hybridized carbons (Fsp3) is 0.455. The summed E-state index contributed by atoms with van der Waals surface area (Å²) in [6.07, 6.45) is 3.73. The molecule has 0 aliphatic carbocycles. The highest BCUT2D eigenvalue weighted by atomic mass is 35.5. The molecule has 0 radical (unpaired) electrons. The number of rotatable bonds is 6. The van der Waals surface area contributed by atoms with Crippen molar-refractivity contribution in [2.75, 3.05) is 24.6 Å². The molecule has 3 aromatic rings. The van der Waals surface area contributed by atoms with Gasteiger partial charge >= 0.3 is 0 Å². The van der Waals surface area contributed by atoms with Crippen molar-refractivity contribution < 1.29 is 17.9 Å². The lowest BCUT2D eigenvalue weighted by atomic mass is 10.0. The highest BCUT2D eigenvalue weighted by molar-refractivity contribution is 7.91. The number of ether oxygens (including phenoxy) is 1. The molecule has 1 amide bonds. The van der Waals surface area contributed by atoms with Crippen molar-refractivity contribution in [3.63, 3.8) is 0 Å². The van der Waals surface area contributed by atoms with Crippen molar-refractivity contribution in [1.82, 2.24) is 9.29 Å². The van der Waals surface area contributed by atoms with Crippen molar-refractivity contribution in [2.24, 2.45) is 0 Å². The smallest absolute Gasteiger partial charge is 0.253 e. The number of halogens is 1. The van der Waals surface area contributed by atoms with Gasteiger partial charge in [-0.1, -0.05) is 41.5 Å². The maximum absolute atomic E-state index is 14.0. The molecule has 2 aromatic heterocycles. The molecule has 2 fully saturated rings. The van der Waals surface area contributed by atoms with Gasteiger partial charge in [0.1, 0.15) is 10.3 Å². The van der Waals surface area contributed by atoms with Gasteiger partial charge < -0.3 is 4.74 Å². The minimum absolute atomic E-state index is 0.0780. The summed E-state index contributed by atoms with van der Waals surface area (Å²) in [5.41, 5.74) is 0.823. The molecule has 0 N–H and O–H groups in total. The molecule has 176 valence electrons. The Labute approximate surface area is 206 Å². The minimum Gasteiger partial charge on any atom is -0.376 e. The molecule has 2 atom stereocenters. The predicted molar refractivity (Wildman–Crippen MR) is 132 cm³/mol. The zero-order valence-electron chi connectivity index (χ0n) is 17.9. The molecule has 0 spiro atoms. The Balaban J connectivity index is 1.50. The largest absolute Gasteiger partial charge is 0.376 e. The van der Waals surface area contributed by atoms with E-state index in [0.29, 0.717) is 35.6 Å². The molecule has 0 saturated carbocycles. The first kappa shape index (κ1) is 23.2. The summed E-state index contributed by atoms with van der Waals surface area (Å²) in [6, 6.07) is 10.1. The number of hydrogen-bond acceptors (Lipinski definition) is 7. The lowest BCUT2D eigenvalue weighted by molar-refractivity contribution is -0.123. The second kappa shape index (κ2) is 9.59. The first-order valence-corrected chi connectivity index (χ1v) is 14.4. The van der Waals surface area contributed by atoms with Crippen LogP contribution in [0.15, 0.2) is 40.6 Å². The van der Waals surface area contributed by atoms with Crippen LogP contribution in [0.3, 0.4) is 0 Å². The number of fused-ring (bicyclic) bond motifs is 1. The number of carbonyl (C=O) groups excluding carboxylic acids is 1. The van der Waals surface area contributed by atoms with Gasteiger partial charge in [-0.2, -0.15) is 4.31 Å². The molecule has 7 nitrogen and oxygen atoms in total. The van der Waals surface area contributed by atoms with Gasteiger partial charge in [0.25, 0.3) is 10.0 Å². The van der Waals surface area contributed by atoms with Crippen molar-refractivity contribution >= 4 is 65.6 Å². The van der Waals surface area contributed by atoms with Gasteiger partial charge in [-0.15, -0.1) is 11.3 Å². The molecular weight excluding hydrogens is 502 g/mol. The normalized spacial score (nSPS) is 22.1. The van der Waals surface area contributed by atoms with E-state index in [2.05, 4.69) is 0 Å². The number of hydrogen-bond donors (Lipinski definition) is 0. The van der Waals surface area contributed by atoms with E-state index in [1.807, 2.05) is 24.3 Å². The maximum atomic E-state index is 14.0. The van der Waals surface area contributed by atoms with E-state index in [1.165, 1.54) is 21.7 Å². The fourth-order valence-corrected chi connectivity index (χ4v) is 8.64. The van der Waals surface area contributed by atoms with E-state index in [4.69, 9.17) is 21.3 Å². The maximum Gasteiger partial charge on any atom is 0.253 e. The summed E-state index contributed by atoms with van der Waals surface area (Å²) in [5, 5.41) is 0.582. The first-order valence-electron chi connectivity index (χ1n) is 11.0. The Morgan fingerprint density at radius 1 is 1.15 bits per heavy atom. The lowest BCUT2D eigenvalue weighted by Crippen LogP contribution is -2.54. The van der Waals surface area contributed by atoms with E-state index in [-0.39, 0.29) is 16.2 Å². The number of thiophene rings is 1. The Hall–Kier alpha value is -1.56. The topological polar surface area (TPSA) is 79.8 Å². The molecule has 1 aromatic carbocycles. The molecular formula is C22H24ClN3O4S3. The number of thiazole rings is 1. The molecule has 2 saturated heterocycles. The van der Waals surface area contributed by atoms with Crippen LogP contribution >= 0.6 is 34.3 Å². The molecule has 33 heavy (non-hydrogen) atoms. The number of para-hydroxylation sites is 1. The number of sulfonamides is 1. The van der Waals surface area contributed by atoms with Gasteiger partial charge in [0.05, 0.1) is 27.2 Å². The van der Waals surface area contributed by atoms with Crippen LogP contribution in [-0.4, -0.2) is 55.5 Å². The molecule has 5 rings (SSSR count). The molecule has 4 heterocycles. The van der Waals surface area contributed by atoms with E-state index in [9.17, 15) is 13.2 Å². The summed E-state index contributed by atoms with van der Waals surface area (Å²) < 4.78 is 35.6. The lowest BCUT2D eigenvalue weighted by Gasteiger charge is -2.36. The summed E-state index contributed by atoms with van der Waals surface area (Å²) in [4.78, 5) is 20.3. The Morgan fingerprint density at radius 3 is 2.73 bits per heavy atom. The van der Waals surface area contributed by atoms with Gasteiger partial charge in [0, 0.05) is 13.2 Å². The number of amides is 1. The second-order valence-corrected chi connectivity index (χ2v) is 13.1. The van der Waals surface area contributed by atoms with Crippen molar-refractivity contribution in [1.29, 1.82) is 0 Å². The fourth-order valence-electron chi connectivity index (χ4n) is 4.40. The third-order valence-electron chi connectivity index (χ3n) is 6.04. The van der Waals surface area contributed by atoms with Crippen molar-refractivity contribution in [3.05, 3.63) is 40.7 Å². The number of anilines is 1. The highest BCUT2D eigenvalue weighted by Gasteiger charge is 2.41. The third kappa shape index (κ3) is 4.69. The van der Waals surface area contributed by atoms with Crippen LogP contribution in [-0.2, 0) is 19.6 Å². The molecule has 0 bridgehead atoms. The van der Waals surface area contributed by atoms with Gasteiger partial charge in [-0.3, -0.25) is 9.69 Å². The highest BCUT2D eigenvalue weighted by Crippen LogP contribution is 2.35. The number of nitrogens with zero attached hydrogens (tertiary/aromatic N) is 3. The first-order chi connectivity index (χ1) is 15.9. The summed E-state index contributed by atoms with van der Waals surface area (Å²) >= 11 is 8.47. The molecule has 2 aliphatic heterocycles. The van der Waals surface area contributed by atoms with Gasteiger partial charge in [0.15, 0.2) is 5.13 Å². The average Bonchev–Trinajstić information content (AvgIpc) is 3.57.